The Balaban J connectivity index is 3.06. The lowest BCUT2D eigenvalue weighted by Crippen LogP contribution is -2.32. The highest BCUT2D eigenvalue weighted by molar-refractivity contribution is 5.38. The van der Waals surface area contributed by atoms with Crippen LogP contribution in [0.5, 0.6) is 11.5 Å². The number of hydrogen-bond donors (Lipinski definition) is 4. The third kappa shape index (κ3) is 2.61. The number of phenols is 2. The minimum absolute atomic E-state index is 0.0332. The fourth-order valence-corrected chi connectivity index (χ4v) is 1.35. The quantitative estimate of drug-likeness (QED) is 0.603. The lowest BCUT2D eigenvalue weighted by Gasteiger charge is -2.29. The first kappa shape index (κ1) is 11.8. The van der Waals surface area contributed by atoms with Crippen LogP contribution in [-0.2, 0) is 0 Å². The molecule has 0 aliphatic rings. The van der Waals surface area contributed by atoms with Gasteiger partial charge in [0.1, 0.15) is 11.5 Å². The Morgan fingerprint density at radius 1 is 1.20 bits per heavy atom. The Kier molecular flexibility index (Phi) is 3.21. The van der Waals surface area contributed by atoms with Gasteiger partial charge < -0.3 is 21.1 Å². The molecule has 0 heterocycles. The molecular weight excluding hydrogens is 194 g/mol. The predicted molar refractivity (Wildman–Crippen MR) is 57.6 cm³/mol. The molecule has 4 nitrogen and oxygen atoms in total. The van der Waals surface area contributed by atoms with Crippen molar-refractivity contribution in [1.82, 2.24) is 0 Å². The summed E-state index contributed by atoms with van der Waals surface area (Å²) < 4.78 is 0. The first-order valence-electron chi connectivity index (χ1n) is 4.76. The van der Waals surface area contributed by atoms with E-state index >= 15 is 0 Å². The van der Waals surface area contributed by atoms with Gasteiger partial charge in [-0.15, -0.1) is 0 Å². The van der Waals surface area contributed by atoms with Crippen molar-refractivity contribution in [2.45, 2.75) is 19.9 Å². The van der Waals surface area contributed by atoms with Crippen molar-refractivity contribution < 1.29 is 15.3 Å². The maximum Gasteiger partial charge on any atom is 0.119 e. The number of phenolic OH excluding ortho intramolecular Hbond substituents is 2. The summed E-state index contributed by atoms with van der Waals surface area (Å²) in [5.74, 6) is -0.0663. The van der Waals surface area contributed by atoms with Crippen molar-refractivity contribution in [2.75, 3.05) is 6.61 Å². The summed E-state index contributed by atoms with van der Waals surface area (Å²) in [6.45, 7) is 3.57. The van der Waals surface area contributed by atoms with E-state index in [1.807, 2.05) is 13.8 Å². The van der Waals surface area contributed by atoms with Gasteiger partial charge in [0.2, 0.25) is 0 Å². The maximum atomic E-state index is 9.30. The third-order valence-corrected chi connectivity index (χ3v) is 2.53. The Labute approximate surface area is 89.0 Å². The predicted octanol–water partition coefficient (Wildman–Crippen LogP) is 1.12. The largest absolute Gasteiger partial charge is 0.508 e. The van der Waals surface area contributed by atoms with E-state index in [0.717, 1.165) is 0 Å². The van der Waals surface area contributed by atoms with Crippen LogP contribution in [0.3, 0.4) is 0 Å². The SMILES string of the molecule is CC(C)(CO)[C@@H](N)c1cc(O)cc(O)c1. The molecule has 0 aliphatic carbocycles. The average molecular weight is 211 g/mol. The van der Waals surface area contributed by atoms with Crippen LogP contribution in [-0.4, -0.2) is 21.9 Å². The first-order valence-corrected chi connectivity index (χ1v) is 4.76. The van der Waals surface area contributed by atoms with Gasteiger partial charge in [-0.1, -0.05) is 13.8 Å². The molecule has 1 atom stereocenters. The van der Waals surface area contributed by atoms with Gasteiger partial charge in [0.05, 0.1) is 0 Å². The van der Waals surface area contributed by atoms with Gasteiger partial charge >= 0.3 is 0 Å². The lowest BCUT2D eigenvalue weighted by atomic mass is 9.82. The molecule has 15 heavy (non-hydrogen) atoms. The second kappa shape index (κ2) is 4.08. The van der Waals surface area contributed by atoms with Gasteiger partial charge in [-0.2, -0.15) is 0 Å². The molecule has 0 fully saturated rings. The molecule has 1 aromatic carbocycles. The van der Waals surface area contributed by atoms with Gasteiger partial charge in [0.15, 0.2) is 0 Å². The Hall–Kier alpha value is -1.26. The van der Waals surface area contributed by atoms with Crippen LogP contribution < -0.4 is 5.73 Å². The van der Waals surface area contributed by atoms with Crippen LogP contribution in [0.4, 0.5) is 0 Å². The number of aliphatic hydroxyl groups excluding tert-OH is 1. The van der Waals surface area contributed by atoms with E-state index in [9.17, 15) is 10.2 Å². The molecule has 1 rings (SSSR count). The molecule has 0 aliphatic heterocycles. The number of rotatable bonds is 3. The van der Waals surface area contributed by atoms with Crippen LogP contribution in [0.1, 0.15) is 25.5 Å². The molecule has 0 unspecified atom stereocenters. The standard InChI is InChI=1S/C11H17NO3/c1-11(2,6-13)10(12)7-3-8(14)5-9(15)4-7/h3-5,10,13-15H,6,12H2,1-2H3/t10-/m0/s1. The Morgan fingerprint density at radius 2 is 1.67 bits per heavy atom. The van der Waals surface area contributed by atoms with Gasteiger partial charge in [0.25, 0.3) is 0 Å². The fraction of sp³-hybridized carbons (Fsp3) is 0.455. The van der Waals surface area contributed by atoms with E-state index in [1.165, 1.54) is 18.2 Å². The number of aromatic hydroxyl groups is 2. The summed E-state index contributed by atoms with van der Waals surface area (Å²) in [6.07, 6.45) is 0. The van der Waals surface area contributed by atoms with Gasteiger partial charge in [-0.3, -0.25) is 0 Å². The normalized spacial score (nSPS) is 13.9. The number of aliphatic hydroxyl groups is 1. The molecular formula is C11H17NO3. The van der Waals surface area contributed by atoms with Crippen molar-refractivity contribution in [1.29, 1.82) is 0 Å². The summed E-state index contributed by atoms with van der Waals surface area (Å²) in [6, 6.07) is 3.77. The summed E-state index contributed by atoms with van der Waals surface area (Å²) >= 11 is 0. The second-order valence-corrected chi connectivity index (χ2v) is 4.41. The second-order valence-electron chi connectivity index (χ2n) is 4.41. The van der Waals surface area contributed by atoms with Crippen LogP contribution in [0, 0.1) is 5.41 Å². The van der Waals surface area contributed by atoms with Crippen molar-refractivity contribution in [3.63, 3.8) is 0 Å². The molecule has 0 saturated carbocycles. The maximum absolute atomic E-state index is 9.30. The summed E-state index contributed by atoms with van der Waals surface area (Å²) in [4.78, 5) is 0. The Bertz CT molecular complexity index is 329. The van der Waals surface area contributed by atoms with E-state index in [1.54, 1.807) is 0 Å². The van der Waals surface area contributed by atoms with E-state index in [-0.39, 0.29) is 18.1 Å². The molecule has 0 amide bonds. The highest BCUT2D eigenvalue weighted by Gasteiger charge is 2.27. The smallest absolute Gasteiger partial charge is 0.119 e. The third-order valence-electron chi connectivity index (χ3n) is 2.53. The van der Waals surface area contributed by atoms with Crippen molar-refractivity contribution >= 4 is 0 Å². The topological polar surface area (TPSA) is 86.7 Å². The zero-order chi connectivity index (χ0) is 11.6. The fourth-order valence-electron chi connectivity index (χ4n) is 1.35. The molecule has 0 saturated heterocycles. The molecule has 84 valence electrons. The van der Waals surface area contributed by atoms with Gasteiger partial charge in [-0.05, 0) is 17.7 Å². The number of nitrogens with two attached hydrogens (primary N) is 1. The zero-order valence-corrected chi connectivity index (χ0v) is 8.94. The average Bonchev–Trinajstić information content (AvgIpc) is 2.15. The van der Waals surface area contributed by atoms with Gasteiger partial charge in [-0.25, -0.2) is 0 Å². The highest BCUT2D eigenvalue weighted by atomic mass is 16.3. The van der Waals surface area contributed by atoms with Crippen LogP contribution >= 0.6 is 0 Å². The number of hydrogen-bond acceptors (Lipinski definition) is 4. The molecule has 0 radical (unpaired) electrons. The highest BCUT2D eigenvalue weighted by Crippen LogP contribution is 2.33. The Morgan fingerprint density at radius 3 is 2.07 bits per heavy atom. The van der Waals surface area contributed by atoms with Crippen molar-refractivity contribution in [3.8, 4) is 11.5 Å². The molecule has 0 bridgehead atoms. The molecule has 1 aromatic rings. The summed E-state index contributed by atoms with van der Waals surface area (Å²) in [5.41, 5.74) is 6.04. The van der Waals surface area contributed by atoms with Crippen molar-refractivity contribution in [2.24, 2.45) is 11.1 Å². The first-order chi connectivity index (χ1) is 6.86. The number of benzene rings is 1. The minimum atomic E-state index is -0.500. The van der Waals surface area contributed by atoms with Crippen LogP contribution in [0.15, 0.2) is 18.2 Å². The van der Waals surface area contributed by atoms with Crippen LogP contribution in [0.2, 0.25) is 0 Å². The van der Waals surface area contributed by atoms with E-state index in [0.29, 0.717) is 5.56 Å². The van der Waals surface area contributed by atoms with E-state index in [2.05, 4.69) is 0 Å². The van der Waals surface area contributed by atoms with E-state index < -0.39 is 11.5 Å². The summed E-state index contributed by atoms with van der Waals surface area (Å²) in [5, 5.41) is 27.8. The molecule has 5 N–H and O–H groups in total. The van der Waals surface area contributed by atoms with E-state index in [4.69, 9.17) is 10.8 Å². The molecule has 0 spiro atoms. The molecule has 0 aromatic heterocycles. The summed E-state index contributed by atoms with van der Waals surface area (Å²) in [7, 11) is 0. The van der Waals surface area contributed by atoms with Gasteiger partial charge in [0, 0.05) is 24.1 Å². The lowest BCUT2D eigenvalue weighted by molar-refractivity contribution is 0.132. The zero-order valence-electron chi connectivity index (χ0n) is 8.94. The monoisotopic (exact) mass is 211 g/mol. The minimum Gasteiger partial charge on any atom is -0.508 e. The van der Waals surface area contributed by atoms with Crippen molar-refractivity contribution in [3.05, 3.63) is 23.8 Å². The van der Waals surface area contributed by atoms with Crippen LogP contribution in [0.25, 0.3) is 0 Å². The molecule has 4 heteroatoms.